The van der Waals surface area contributed by atoms with Crippen LogP contribution in [0, 0.1) is 5.92 Å². The van der Waals surface area contributed by atoms with Crippen LogP contribution in [0.3, 0.4) is 0 Å². The second kappa shape index (κ2) is 9.63. The molecule has 0 saturated carbocycles. The average molecular weight is 302 g/mol. The van der Waals surface area contributed by atoms with Crippen molar-refractivity contribution in [2.45, 2.75) is 59.2 Å². The topological polar surface area (TPSA) is 77.3 Å². The van der Waals surface area contributed by atoms with Gasteiger partial charge in [0.1, 0.15) is 0 Å². The Balaban J connectivity index is 4.06. The number of nitrogens with zero attached hydrogens (tertiary/aromatic N) is 2. The number of amides is 2. The normalized spacial score (nSPS) is 13.2. The Morgan fingerprint density at radius 3 is 2.20 bits per heavy atom. The van der Waals surface area contributed by atoms with E-state index in [-0.39, 0.29) is 0 Å². The number of ether oxygens (including phenoxy) is 1. The van der Waals surface area contributed by atoms with Crippen LogP contribution in [0.1, 0.15) is 39.5 Å². The molecule has 7 heteroatoms. The molecule has 0 bridgehead atoms. The van der Waals surface area contributed by atoms with Crippen LogP contribution < -0.4 is 0 Å². The lowest BCUT2D eigenvalue weighted by Crippen LogP contribution is -2.27. The van der Waals surface area contributed by atoms with Gasteiger partial charge in [-0.3, -0.25) is 0 Å². The molecule has 1 unspecified atom stereocenters. The number of carbonyl (C=O) groups excluding carboxylic acids is 2. The third kappa shape index (κ3) is 10.7. The van der Waals surface area contributed by atoms with Crippen LogP contribution in [0.2, 0.25) is 19.6 Å². The van der Waals surface area contributed by atoms with E-state index >= 15 is 0 Å². The first kappa shape index (κ1) is 18.8. The first-order valence-corrected chi connectivity index (χ1v) is 10.5. The van der Waals surface area contributed by atoms with Crippen molar-refractivity contribution < 1.29 is 18.8 Å². The summed E-state index contributed by atoms with van der Waals surface area (Å²) >= 11 is 0. The van der Waals surface area contributed by atoms with E-state index in [1.165, 1.54) is 0 Å². The van der Waals surface area contributed by atoms with Gasteiger partial charge >= 0.3 is 12.2 Å². The molecule has 116 valence electrons. The Kier molecular flexibility index (Phi) is 9.03. The van der Waals surface area contributed by atoms with Crippen LogP contribution in [-0.2, 0) is 9.16 Å². The molecule has 0 aliphatic rings. The highest BCUT2D eigenvalue weighted by molar-refractivity contribution is 6.71. The van der Waals surface area contributed by atoms with Crippen molar-refractivity contribution in [3.63, 3.8) is 0 Å². The van der Waals surface area contributed by atoms with Gasteiger partial charge in [0.25, 0.3) is 0 Å². The number of hydrogen-bond acceptors (Lipinski definition) is 4. The maximum atomic E-state index is 11.3. The van der Waals surface area contributed by atoms with Gasteiger partial charge in [0.2, 0.25) is 8.32 Å². The summed E-state index contributed by atoms with van der Waals surface area (Å²) in [6.45, 7) is 10.0. The number of hydrogen-bond donors (Lipinski definition) is 0. The molecule has 0 spiro atoms. The molecule has 1 atom stereocenters. The summed E-state index contributed by atoms with van der Waals surface area (Å²) in [7, 11) is -2.00. The molecule has 0 rings (SSSR count). The highest BCUT2D eigenvalue weighted by Crippen LogP contribution is 2.13. The minimum atomic E-state index is -2.00. The van der Waals surface area contributed by atoms with E-state index in [4.69, 9.17) is 9.16 Å². The van der Waals surface area contributed by atoms with Gasteiger partial charge in [-0.15, -0.1) is 0 Å². The average Bonchev–Trinajstić information content (AvgIpc) is 2.34. The molecule has 0 saturated heterocycles. The van der Waals surface area contributed by atoms with E-state index in [0.717, 1.165) is 25.7 Å². The van der Waals surface area contributed by atoms with Crippen molar-refractivity contribution in [3.05, 3.63) is 0 Å². The standard InChI is InChI=1S/C13H26N2O4Si/c1-6-8-9-11(7-2)10-18-12(16)14-15-13(17)19-20(3,4)5/h11H,6-10H2,1-5H3/b15-14+. The molecule has 0 aromatic rings. The van der Waals surface area contributed by atoms with Crippen molar-refractivity contribution in [3.8, 4) is 0 Å². The minimum Gasteiger partial charge on any atom is -0.502 e. The Hall–Kier alpha value is -1.24. The smallest absolute Gasteiger partial charge is 0.452 e. The Bertz CT molecular complexity index is 340. The predicted molar refractivity (Wildman–Crippen MR) is 79.3 cm³/mol. The summed E-state index contributed by atoms with van der Waals surface area (Å²) in [4.78, 5) is 22.6. The van der Waals surface area contributed by atoms with Crippen molar-refractivity contribution in [1.82, 2.24) is 0 Å². The second-order valence-corrected chi connectivity index (χ2v) is 10.1. The van der Waals surface area contributed by atoms with Gasteiger partial charge in [-0.1, -0.05) is 43.3 Å². The zero-order valence-electron chi connectivity index (χ0n) is 13.1. The SMILES string of the molecule is CCCCC(CC)COC(=O)/N=N/C(=O)O[Si](C)(C)C. The molecule has 0 aliphatic carbocycles. The summed E-state index contributed by atoms with van der Waals surface area (Å²) in [6, 6.07) is 0. The molecule has 0 radical (unpaired) electrons. The van der Waals surface area contributed by atoms with Gasteiger partial charge in [-0.05, 0) is 32.0 Å². The number of azo groups is 1. The van der Waals surface area contributed by atoms with Crippen molar-refractivity contribution >= 4 is 20.5 Å². The lowest BCUT2D eigenvalue weighted by Gasteiger charge is -2.14. The summed E-state index contributed by atoms with van der Waals surface area (Å²) in [5.41, 5.74) is 0. The molecular weight excluding hydrogens is 276 g/mol. The number of unbranched alkanes of at least 4 members (excludes halogenated alkanes) is 1. The zero-order valence-corrected chi connectivity index (χ0v) is 14.1. The van der Waals surface area contributed by atoms with Crippen LogP contribution in [0.4, 0.5) is 9.59 Å². The molecule has 0 N–H and O–H groups in total. The maximum Gasteiger partial charge on any atom is 0.452 e. The Morgan fingerprint density at radius 1 is 1.10 bits per heavy atom. The first-order valence-electron chi connectivity index (χ1n) is 7.10. The summed E-state index contributed by atoms with van der Waals surface area (Å²) in [5, 5.41) is 6.41. The van der Waals surface area contributed by atoms with Gasteiger partial charge in [-0.2, -0.15) is 0 Å². The molecule has 2 amide bonds. The fraction of sp³-hybridized carbons (Fsp3) is 0.846. The van der Waals surface area contributed by atoms with Gasteiger partial charge in [0.15, 0.2) is 0 Å². The Labute approximate surface area is 122 Å². The first-order chi connectivity index (χ1) is 9.28. The van der Waals surface area contributed by atoms with Gasteiger partial charge in [0, 0.05) is 0 Å². The van der Waals surface area contributed by atoms with Gasteiger partial charge in [-0.25, -0.2) is 9.59 Å². The predicted octanol–water partition coefficient (Wildman–Crippen LogP) is 4.76. The minimum absolute atomic E-state index is 0.317. The second-order valence-electron chi connectivity index (χ2n) is 5.67. The molecule has 0 aromatic carbocycles. The van der Waals surface area contributed by atoms with Crippen LogP contribution in [-0.4, -0.2) is 27.1 Å². The zero-order chi connectivity index (χ0) is 15.6. The van der Waals surface area contributed by atoms with E-state index in [1.54, 1.807) is 0 Å². The molecule has 0 aliphatic heterocycles. The van der Waals surface area contributed by atoms with E-state index in [2.05, 4.69) is 24.1 Å². The summed E-state index contributed by atoms with van der Waals surface area (Å²) < 4.78 is 10.00. The number of rotatable bonds is 7. The molecule has 0 aromatic heterocycles. The molecular formula is C13H26N2O4Si. The maximum absolute atomic E-state index is 11.3. The van der Waals surface area contributed by atoms with Crippen LogP contribution >= 0.6 is 0 Å². The fourth-order valence-electron chi connectivity index (χ4n) is 1.48. The van der Waals surface area contributed by atoms with E-state index in [1.807, 2.05) is 19.6 Å². The highest BCUT2D eigenvalue weighted by Gasteiger charge is 2.20. The third-order valence-corrected chi connectivity index (χ3v) is 3.38. The van der Waals surface area contributed by atoms with Crippen molar-refractivity contribution in [1.29, 1.82) is 0 Å². The van der Waals surface area contributed by atoms with Crippen molar-refractivity contribution in [2.75, 3.05) is 6.61 Å². The van der Waals surface area contributed by atoms with Crippen LogP contribution in [0.25, 0.3) is 0 Å². The lowest BCUT2D eigenvalue weighted by atomic mass is 10.0. The van der Waals surface area contributed by atoms with E-state index in [0.29, 0.717) is 12.5 Å². The Morgan fingerprint density at radius 2 is 1.70 bits per heavy atom. The van der Waals surface area contributed by atoms with Gasteiger partial charge < -0.3 is 9.16 Å². The third-order valence-electron chi connectivity index (χ3n) is 2.59. The summed E-state index contributed by atoms with van der Waals surface area (Å²) in [6.07, 6.45) is 2.52. The van der Waals surface area contributed by atoms with E-state index < -0.39 is 20.5 Å². The molecule has 20 heavy (non-hydrogen) atoms. The molecule has 0 heterocycles. The fourth-order valence-corrected chi connectivity index (χ4v) is 2.04. The molecule has 6 nitrogen and oxygen atoms in total. The summed E-state index contributed by atoms with van der Waals surface area (Å²) in [5.74, 6) is 0.336. The van der Waals surface area contributed by atoms with Crippen LogP contribution in [0.5, 0.6) is 0 Å². The lowest BCUT2D eigenvalue weighted by molar-refractivity contribution is 0.130. The highest BCUT2D eigenvalue weighted by atomic mass is 28.4. The molecule has 0 fully saturated rings. The van der Waals surface area contributed by atoms with Crippen LogP contribution in [0.15, 0.2) is 10.2 Å². The van der Waals surface area contributed by atoms with Gasteiger partial charge in [0.05, 0.1) is 6.61 Å². The quantitative estimate of drug-likeness (QED) is 0.501. The largest absolute Gasteiger partial charge is 0.502 e. The monoisotopic (exact) mass is 302 g/mol. The number of carbonyl (C=O) groups is 2. The van der Waals surface area contributed by atoms with E-state index in [9.17, 15) is 9.59 Å². The van der Waals surface area contributed by atoms with Crippen molar-refractivity contribution in [2.24, 2.45) is 16.1 Å².